The molecule has 2 aliphatic rings. The lowest BCUT2D eigenvalue weighted by Gasteiger charge is -2.36. The van der Waals surface area contributed by atoms with Gasteiger partial charge in [-0.15, -0.1) is 11.3 Å². The zero-order valence-corrected chi connectivity index (χ0v) is 21.4. The Kier molecular flexibility index (Phi) is 9.15. The molecule has 176 valence electrons. The van der Waals surface area contributed by atoms with Gasteiger partial charge in [-0.3, -0.25) is 4.79 Å². The number of benzene rings is 1. The zero-order chi connectivity index (χ0) is 23.3. The largest absolute Gasteiger partial charge is 0.338 e. The quantitative estimate of drug-likeness (QED) is 0.445. The predicted octanol–water partition coefficient (Wildman–Crippen LogP) is 7.45. The number of thiophene rings is 1. The average Bonchev–Trinajstić information content (AvgIpc) is 3.50. The minimum atomic E-state index is -0.147. The van der Waals surface area contributed by atoms with E-state index in [0.29, 0.717) is 15.9 Å². The van der Waals surface area contributed by atoms with Gasteiger partial charge in [-0.25, -0.2) is 4.39 Å². The molecular weight excluding hydrogens is 443 g/mol. The van der Waals surface area contributed by atoms with Crippen LogP contribution in [0.4, 0.5) is 4.39 Å². The summed E-state index contributed by atoms with van der Waals surface area (Å²) in [5.74, 6) is 0.129. The monoisotopic (exact) mass is 478 g/mol. The van der Waals surface area contributed by atoms with E-state index in [-0.39, 0.29) is 17.6 Å². The van der Waals surface area contributed by atoms with Crippen LogP contribution in [0.1, 0.15) is 81.0 Å². The molecule has 32 heavy (non-hydrogen) atoms. The third-order valence-electron chi connectivity index (χ3n) is 6.74. The van der Waals surface area contributed by atoms with Crippen LogP contribution in [-0.4, -0.2) is 47.9 Å². The SMILES string of the molecule is CC.CCC(C)N1CCC(c2ccc(-c3cc(Cl)c(C(=O)N4CCCC4)s3)cc2F)CC1. The lowest BCUT2D eigenvalue weighted by atomic mass is 9.88. The Bertz CT molecular complexity index is 901. The highest BCUT2D eigenvalue weighted by molar-refractivity contribution is 7.18. The van der Waals surface area contributed by atoms with Crippen molar-refractivity contribution in [1.29, 1.82) is 0 Å². The third-order valence-corrected chi connectivity index (χ3v) is 8.33. The molecule has 3 nitrogen and oxygen atoms in total. The summed E-state index contributed by atoms with van der Waals surface area (Å²) < 4.78 is 15.0. The van der Waals surface area contributed by atoms with Crippen molar-refractivity contribution in [3.63, 3.8) is 0 Å². The minimum Gasteiger partial charge on any atom is -0.338 e. The molecule has 0 spiro atoms. The van der Waals surface area contributed by atoms with Crippen molar-refractivity contribution in [2.75, 3.05) is 26.2 Å². The molecule has 2 aliphatic heterocycles. The fourth-order valence-electron chi connectivity index (χ4n) is 4.64. The van der Waals surface area contributed by atoms with E-state index in [1.807, 2.05) is 30.9 Å². The Hall–Kier alpha value is -1.43. The molecule has 0 aliphatic carbocycles. The van der Waals surface area contributed by atoms with Gasteiger partial charge in [-0.2, -0.15) is 0 Å². The summed E-state index contributed by atoms with van der Waals surface area (Å²) in [4.78, 5) is 18.5. The molecule has 2 fully saturated rings. The molecule has 1 amide bonds. The van der Waals surface area contributed by atoms with Crippen LogP contribution in [0, 0.1) is 5.82 Å². The first-order chi connectivity index (χ1) is 15.5. The molecule has 0 saturated carbocycles. The minimum absolute atomic E-state index is 0.00101. The molecular formula is C26H36ClFN2OS. The van der Waals surface area contributed by atoms with Crippen molar-refractivity contribution in [2.45, 2.75) is 71.8 Å². The number of nitrogens with zero attached hydrogens (tertiary/aromatic N) is 2. The molecule has 6 heteroatoms. The van der Waals surface area contributed by atoms with Gasteiger partial charge in [0, 0.05) is 24.0 Å². The highest BCUT2D eigenvalue weighted by Gasteiger charge is 2.26. The highest BCUT2D eigenvalue weighted by Crippen LogP contribution is 2.38. The number of halogens is 2. The molecule has 3 heterocycles. The number of likely N-dealkylation sites (tertiary alicyclic amines) is 2. The smallest absolute Gasteiger partial charge is 0.265 e. The van der Waals surface area contributed by atoms with Gasteiger partial charge in [0.2, 0.25) is 0 Å². The van der Waals surface area contributed by atoms with Crippen LogP contribution in [0.5, 0.6) is 0 Å². The number of piperidine rings is 1. The van der Waals surface area contributed by atoms with Crippen LogP contribution in [0.25, 0.3) is 10.4 Å². The number of rotatable bonds is 5. The summed E-state index contributed by atoms with van der Waals surface area (Å²) in [6, 6.07) is 7.92. The van der Waals surface area contributed by atoms with Crippen LogP contribution in [-0.2, 0) is 0 Å². The summed E-state index contributed by atoms with van der Waals surface area (Å²) in [7, 11) is 0. The van der Waals surface area contributed by atoms with E-state index in [1.165, 1.54) is 11.3 Å². The summed E-state index contributed by atoms with van der Waals surface area (Å²) >= 11 is 7.74. The van der Waals surface area contributed by atoms with Gasteiger partial charge >= 0.3 is 0 Å². The molecule has 4 rings (SSSR count). The molecule has 1 aromatic heterocycles. The van der Waals surface area contributed by atoms with E-state index >= 15 is 4.39 Å². The van der Waals surface area contributed by atoms with Crippen molar-refractivity contribution >= 4 is 28.8 Å². The number of carbonyl (C=O) groups excluding carboxylic acids is 1. The second-order valence-electron chi connectivity index (χ2n) is 8.59. The Morgan fingerprint density at radius 2 is 1.81 bits per heavy atom. The number of hydrogen-bond acceptors (Lipinski definition) is 3. The number of carbonyl (C=O) groups is 1. The Balaban J connectivity index is 0.00000141. The fourth-order valence-corrected chi connectivity index (χ4v) is 6.03. The molecule has 2 saturated heterocycles. The van der Waals surface area contributed by atoms with Crippen LogP contribution >= 0.6 is 22.9 Å². The van der Waals surface area contributed by atoms with E-state index in [2.05, 4.69) is 18.7 Å². The number of hydrogen-bond donors (Lipinski definition) is 0. The predicted molar refractivity (Wildman–Crippen MR) is 135 cm³/mol. The molecule has 1 unspecified atom stereocenters. The van der Waals surface area contributed by atoms with E-state index in [9.17, 15) is 4.79 Å². The summed E-state index contributed by atoms with van der Waals surface area (Å²) in [5.41, 5.74) is 1.61. The van der Waals surface area contributed by atoms with Gasteiger partial charge in [0.25, 0.3) is 5.91 Å². The van der Waals surface area contributed by atoms with E-state index in [4.69, 9.17) is 11.6 Å². The maximum Gasteiger partial charge on any atom is 0.265 e. The molecule has 1 aromatic carbocycles. The Morgan fingerprint density at radius 3 is 2.41 bits per heavy atom. The molecule has 0 bridgehead atoms. The first-order valence-corrected chi connectivity index (χ1v) is 13.3. The first kappa shape index (κ1) is 25.2. The second kappa shape index (κ2) is 11.6. The van der Waals surface area contributed by atoms with E-state index < -0.39 is 0 Å². The summed E-state index contributed by atoms with van der Waals surface area (Å²) in [6.45, 7) is 12.1. The third kappa shape index (κ3) is 5.55. The van der Waals surface area contributed by atoms with Crippen molar-refractivity contribution in [2.24, 2.45) is 0 Å². The number of amides is 1. The van der Waals surface area contributed by atoms with Gasteiger partial charge in [-0.05, 0) is 81.3 Å². The zero-order valence-electron chi connectivity index (χ0n) is 19.8. The highest BCUT2D eigenvalue weighted by atomic mass is 35.5. The van der Waals surface area contributed by atoms with Crippen molar-refractivity contribution in [1.82, 2.24) is 9.80 Å². The first-order valence-electron chi connectivity index (χ1n) is 12.1. The molecule has 0 radical (unpaired) electrons. The van der Waals surface area contributed by atoms with Crippen LogP contribution in [0.3, 0.4) is 0 Å². The molecule has 0 N–H and O–H groups in total. The van der Waals surface area contributed by atoms with Crippen LogP contribution < -0.4 is 0 Å². The van der Waals surface area contributed by atoms with E-state index in [1.54, 1.807) is 12.1 Å². The van der Waals surface area contributed by atoms with Crippen molar-refractivity contribution in [3.05, 3.63) is 45.5 Å². The summed E-state index contributed by atoms with van der Waals surface area (Å²) in [5, 5.41) is 0.466. The molecule has 1 atom stereocenters. The van der Waals surface area contributed by atoms with Crippen LogP contribution in [0.15, 0.2) is 24.3 Å². The van der Waals surface area contributed by atoms with Gasteiger partial charge in [0.1, 0.15) is 10.7 Å². The van der Waals surface area contributed by atoms with Crippen molar-refractivity contribution < 1.29 is 9.18 Å². The van der Waals surface area contributed by atoms with Gasteiger partial charge in [0.15, 0.2) is 0 Å². The summed E-state index contributed by atoms with van der Waals surface area (Å²) in [6.07, 6.45) is 5.24. The topological polar surface area (TPSA) is 23.6 Å². The lowest BCUT2D eigenvalue weighted by Crippen LogP contribution is -2.39. The maximum absolute atomic E-state index is 15.0. The average molecular weight is 479 g/mol. The van der Waals surface area contributed by atoms with Gasteiger partial charge < -0.3 is 9.80 Å². The maximum atomic E-state index is 15.0. The van der Waals surface area contributed by atoms with Gasteiger partial charge in [-0.1, -0.05) is 44.5 Å². The second-order valence-corrected chi connectivity index (χ2v) is 10.1. The normalized spacial score (nSPS) is 18.4. The van der Waals surface area contributed by atoms with Crippen molar-refractivity contribution in [3.8, 4) is 10.4 Å². The Morgan fingerprint density at radius 1 is 1.16 bits per heavy atom. The van der Waals surface area contributed by atoms with Gasteiger partial charge in [0.05, 0.1) is 5.02 Å². The van der Waals surface area contributed by atoms with Crippen LogP contribution in [0.2, 0.25) is 5.02 Å². The standard InChI is InChI=1S/C24H30ClFN2OS.C2H6/c1-3-16(2)27-12-8-17(9-13-27)19-7-6-18(14-21(19)26)22-15-20(25)23(30-22)24(29)28-10-4-5-11-28;1-2/h6-7,14-17H,3-5,8-13H2,1-2H3;1-2H3. The fraction of sp³-hybridized carbons (Fsp3) is 0.577. The lowest BCUT2D eigenvalue weighted by molar-refractivity contribution is 0.0797. The van der Waals surface area contributed by atoms with E-state index in [0.717, 1.165) is 74.3 Å². The Labute approximate surface area is 201 Å². The molecule has 2 aromatic rings.